The number of para-hydroxylation sites is 1. The lowest BCUT2D eigenvalue weighted by molar-refractivity contribution is -0.0330. The molecule has 2 rings (SSSR count). The Kier molecular flexibility index (Phi) is 5.46. The lowest BCUT2D eigenvalue weighted by Gasteiger charge is -2.39. The number of hydrogen-bond donors (Lipinski definition) is 1. The van der Waals surface area contributed by atoms with E-state index in [1.807, 2.05) is 43.3 Å². The summed E-state index contributed by atoms with van der Waals surface area (Å²) in [5, 5.41) is -1.29. The third kappa shape index (κ3) is 3.24. The highest BCUT2D eigenvalue weighted by atomic mass is 32.2. The van der Waals surface area contributed by atoms with Gasteiger partial charge in [0.05, 0.1) is 14.2 Å². The molecule has 1 aromatic carbocycles. The van der Waals surface area contributed by atoms with Crippen molar-refractivity contribution in [2.24, 2.45) is 0 Å². The number of anilines is 1. The van der Waals surface area contributed by atoms with Gasteiger partial charge in [0.1, 0.15) is 16.8 Å². The van der Waals surface area contributed by atoms with Gasteiger partial charge in [0.15, 0.2) is 0 Å². The maximum atomic E-state index is 11.6. The topological polar surface area (TPSA) is 85.3 Å². The quantitative estimate of drug-likeness (QED) is 0.767. The zero-order chi connectivity index (χ0) is 18.8. The number of rotatable bonds is 6. The summed E-state index contributed by atoms with van der Waals surface area (Å²) in [6, 6.07) is 7.49. The first-order valence-corrected chi connectivity index (χ1v) is 9.03. The van der Waals surface area contributed by atoms with Crippen molar-refractivity contribution < 1.29 is 27.2 Å². The van der Waals surface area contributed by atoms with Gasteiger partial charge in [-0.05, 0) is 18.2 Å². The van der Waals surface area contributed by atoms with Gasteiger partial charge < -0.3 is 19.1 Å². The maximum absolute atomic E-state index is 11.6. The molecule has 0 amide bonds. The van der Waals surface area contributed by atoms with Gasteiger partial charge in [-0.15, -0.1) is 0 Å². The minimum absolute atomic E-state index is 0.214. The van der Waals surface area contributed by atoms with E-state index in [0.717, 1.165) is 11.3 Å². The normalized spacial score (nSPS) is 23.5. The van der Waals surface area contributed by atoms with Crippen LogP contribution in [-0.4, -0.2) is 53.6 Å². The monoisotopic (exact) mass is 369 g/mol. The molecule has 0 bridgehead atoms. The van der Waals surface area contributed by atoms with Gasteiger partial charge in [-0.1, -0.05) is 18.2 Å². The minimum atomic E-state index is -4.36. The zero-order valence-electron chi connectivity index (χ0n) is 14.9. The van der Waals surface area contributed by atoms with Gasteiger partial charge >= 0.3 is 0 Å². The molecule has 25 heavy (non-hydrogen) atoms. The van der Waals surface area contributed by atoms with E-state index in [2.05, 4.69) is 0 Å². The molecular formula is C17H23NO6S. The average molecular weight is 369 g/mol. The second kappa shape index (κ2) is 7.07. The third-order valence-electron chi connectivity index (χ3n) is 4.18. The molecule has 0 saturated carbocycles. The summed E-state index contributed by atoms with van der Waals surface area (Å²) in [6.07, 6.45) is 2.63. The molecule has 0 heterocycles. The summed E-state index contributed by atoms with van der Waals surface area (Å²) < 4.78 is 49.5. The van der Waals surface area contributed by atoms with Gasteiger partial charge in [0.25, 0.3) is 10.1 Å². The van der Waals surface area contributed by atoms with Crippen molar-refractivity contribution >= 4 is 15.8 Å². The van der Waals surface area contributed by atoms with Crippen LogP contribution in [0.2, 0.25) is 0 Å². The van der Waals surface area contributed by atoms with Gasteiger partial charge in [0, 0.05) is 32.5 Å². The molecule has 0 radical (unpaired) electrons. The first-order valence-electron chi connectivity index (χ1n) is 7.53. The molecule has 1 aliphatic rings. The van der Waals surface area contributed by atoms with E-state index in [1.54, 1.807) is 0 Å². The molecule has 0 spiro atoms. The van der Waals surface area contributed by atoms with Crippen LogP contribution in [0.1, 0.15) is 5.56 Å². The first kappa shape index (κ1) is 19.3. The van der Waals surface area contributed by atoms with E-state index in [1.165, 1.54) is 33.5 Å². The maximum Gasteiger partial charge on any atom is 0.275 e. The summed E-state index contributed by atoms with van der Waals surface area (Å²) in [7, 11) is 3.73. The Morgan fingerprint density at radius 2 is 1.56 bits per heavy atom. The van der Waals surface area contributed by atoms with Crippen LogP contribution in [0.4, 0.5) is 5.69 Å². The molecule has 0 unspecified atom stereocenters. The van der Waals surface area contributed by atoms with Crippen LogP contribution in [0.3, 0.4) is 0 Å². The molecule has 0 atom stereocenters. The van der Waals surface area contributed by atoms with Crippen molar-refractivity contribution in [2.75, 3.05) is 40.3 Å². The highest BCUT2D eigenvalue weighted by Crippen LogP contribution is 2.47. The summed E-state index contributed by atoms with van der Waals surface area (Å²) >= 11 is 0. The molecule has 0 aromatic heterocycles. The second-order valence-electron chi connectivity index (χ2n) is 5.75. The Labute approximate surface area is 148 Å². The molecule has 138 valence electrons. The number of ether oxygens (including phenoxy) is 3. The van der Waals surface area contributed by atoms with E-state index in [4.69, 9.17) is 14.2 Å². The Hall–Kier alpha value is -2.03. The number of nitrogens with zero attached hydrogens (tertiary/aromatic N) is 1. The van der Waals surface area contributed by atoms with Crippen molar-refractivity contribution in [3.63, 3.8) is 0 Å². The van der Waals surface area contributed by atoms with Crippen LogP contribution in [-0.2, 0) is 29.9 Å². The first-order chi connectivity index (χ1) is 11.7. The van der Waals surface area contributed by atoms with E-state index in [0.29, 0.717) is 0 Å². The smallest absolute Gasteiger partial charge is 0.275 e. The molecule has 7 nitrogen and oxygen atoms in total. The fourth-order valence-electron chi connectivity index (χ4n) is 3.04. The number of methoxy groups -OCH3 is 3. The lowest BCUT2D eigenvalue weighted by atomic mass is 9.84. The molecule has 1 N–H and O–H groups in total. The van der Waals surface area contributed by atoms with Crippen LogP contribution in [0.5, 0.6) is 0 Å². The van der Waals surface area contributed by atoms with Gasteiger partial charge in [-0.25, -0.2) is 0 Å². The van der Waals surface area contributed by atoms with Gasteiger partial charge in [-0.2, -0.15) is 8.42 Å². The van der Waals surface area contributed by atoms with Crippen LogP contribution in [0.15, 0.2) is 47.9 Å². The molecule has 0 aliphatic heterocycles. The van der Waals surface area contributed by atoms with E-state index >= 15 is 0 Å². The van der Waals surface area contributed by atoms with Crippen molar-refractivity contribution in [3.8, 4) is 0 Å². The van der Waals surface area contributed by atoms with E-state index in [9.17, 15) is 13.0 Å². The van der Waals surface area contributed by atoms with E-state index < -0.39 is 21.0 Å². The second-order valence-corrected chi connectivity index (χ2v) is 7.32. The molecule has 0 saturated heterocycles. The summed E-state index contributed by atoms with van der Waals surface area (Å²) in [5.74, 6) is 0.428. The number of hydrogen-bond acceptors (Lipinski definition) is 6. The van der Waals surface area contributed by atoms with Crippen molar-refractivity contribution in [1.82, 2.24) is 0 Å². The van der Waals surface area contributed by atoms with Gasteiger partial charge in [-0.3, -0.25) is 4.55 Å². The Bertz CT molecular complexity index is 775. The average Bonchev–Trinajstić information content (AvgIpc) is 2.59. The summed E-state index contributed by atoms with van der Waals surface area (Å²) in [4.78, 5) is 1.91. The SMILES string of the molecule is COC1=CC(S(=O)(=O)O)C=C(OC)C1(OC)c1ccccc1N(C)C. The fourth-order valence-corrected chi connectivity index (χ4v) is 3.63. The molecule has 1 aliphatic carbocycles. The van der Waals surface area contributed by atoms with Crippen LogP contribution < -0.4 is 4.90 Å². The van der Waals surface area contributed by atoms with Crippen LogP contribution in [0, 0.1) is 0 Å². The van der Waals surface area contributed by atoms with Crippen LogP contribution >= 0.6 is 0 Å². The summed E-state index contributed by atoms with van der Waals surface area (Å²) in [5.41, 5.74) is 0.295. The summed E-state index contributed by atoms with van der Waals surface area (Å²) in [6.45, 7) is 0. The fraction of sp³-hybridized carbons (Fsp3) is 0.412. The number of benzene rings is 1. The highest BCUT2D eigenvalue weighted by Gasteiger charge is 2.49. The van der Waals surface area contributed by atoms with Gasteiger partial charge in [0.2, 0.25) is 5.60 Å². The standard InChI is InChI=1S/C17H23NO6S/c1-18(2)14-9-7-6-8-13(14)17(24-5)15(22-3)10-12(25(19,20)21)11-16(17)23-4/h6-12H,1-5H3,(H,19,20,21). The minimum Gasteiger partial charge on any atom is -0.497 e. The Morgan fingerprint density at radius 3 is 1.96 bits per heavy atom. The Balaban J connectivity index is 2.81. The predicted molar refractivity (Wildman–Crippen MR) is 95.0 cm³/mol. The van der Waals surface area contributed by atoms with Crippen LogP contribution in [0.25, 0.3) is 0 Å². The molecule has 8 heteroatoms. The third-order valence-corrected chi connectivity index (χ3v) is 5.14. The van der Waals surface area contributed by atoms with Crippen molar-refractivity contribution in [3.05, 3.63) is 53.5 Å². The Morgan fingerprint density at radius 1 is 1.04 bits per heavy atom. The van der Waals surface area contributed by atoms with E-state index in [-0.39, 0.29) is 11.5 Å². The molecule has 0 fully saturated rings. The molecular weight excluding hydrogens is 346 g/mol. The largest absolute Gasteiger partial charge is 0.497 e. The van der Waals surface area contributed by atoms with Crippen molar-refractivity contribution in [1.29, 1.82) is 0 Å². The molecule has 1 aromatic rings. The lowest BCUT2D eigenvalue weighted by Crippen LogP contribution is -2.40. The zero-order valence-corrected chi connectivity index (χ0v) is 15.7. The highest BCUT2D eigenvalue weighted by molar-refractivity contribution is 7.86. The van der Waals surface area contributed by atoms with Crippen molar-refractivity contribution in [2.45, 2.75) is 10.9 Å². The predicted octanol–water partition coefficient (Wildman–Crippen LogP) is 1.92.